The zero-order valence-corrected chi connectivity index (χ0v) is 12.6. The second-order valence-electron chi connectivity index (χ2n) is 4.50. The Balaban J connectivity index is 2.05. The van der Waals surface area contributed by atoms with Gasteiger partial charge < -0.3 is 10.6 Å². The van der Waals surface area contributed by atoms with Crippen LogP contribution in [0.2, 0.25) is 0 Å². The third-order valence-corrected chi connectivity index (χ3v) is 3.65. The fraction of sp³-hybridized carbons (Fsp3) is 0.267. The second-order valence-corrected chi connectivity index (χ2v) is 5.42. The molecule has 1 heterocycles. The highest BCUT2D eigenvalue weighted by molar-refractivity contribution is 9.10. The van der Waals surface area contributed by atoms with E-state index < -0.39 is 0 Å². The monoisotopic (exact) mass is 319 g/mol. The lowest BCUT2D eigenvalue weighted by Gasteiger charge is -2.22. The quantitative estimate of drug-likeness (QED) is 0.921. The summed E-state index contributed by atoms with van der Waals surface area (Å²) in [6, 6.07) is 10.4. The lowest BCUT2D eigenvalue weighted by atomic mass is 10.1. The standard InChI is InChI=1S/C15H18BrN3/c1-19(9-6-12-4-7-18-8-5-12)15-3-2-14(16)10-13(15)11-17/h2-5,7-8,10H,6,9,11,17H2,1H3. The molecule has 2 rings (SSSR count). The maximum Gasteiger partial charge on any atom is 0.0410 e. The molecular formula is C15H18BrN3. The first-order chi connectivity index (χ1) is 9.20. The predicted octanol–water partition coefficient (Wildman–Crippen LogP) is 2.98. The van der Waals surface area contributed by atoms with Crippen LogP contribution in [0.5, 0.6) is 0 Å². The smallest absolute Gasteiger partial charge is 0.0410 e. The van der Waals surface area contributed by atoms with Gasteiger partial charge in [0.25, 0.3) is 0 Å². The van der Waals surface area contributed by atoms with Crippen molar-refractivity contribution in [2.75, 3.05) is 18.5 Å². The summed E-state index contributed by atoms with van der Waals surface area (Å²) in [5.74, 6) is 0. The van der Waals surface area contributed by atoms with E-state index in [1.165, 1.54) is 11.3 Å². The second kappa shape index (κ2) is 6.68. The van der Waals surface area contributed by atoms with E-state index in [-0.39, 0.29) is 0 Å². The number of likely N-dealkylation sites (N-methyl/N-ethyl adjacent to an activating group) is 1. The number of nitrogens with zero attached hydrogens (tertiary/aromatic N) is 2. The van der Waals surface area contributed by atoms with Crippen LogP contribution >= 0.6 is 15.9 Å². The minimum absolute atomic E-state index is 0.550. The summed E-state index contributed by atoms with van der Waals surface area (Å²) in [6.45, 7) is 1.51. The largest absolute Gasteiger partial charge is 0.374 e. The van der Waals surface area contributed by atoms with Crippen molar-refractivity contribution in [3.8, 4) is 0 Å². The highest BCUT2D eigenvalue weighted by atomic mass is 79.9. The minimum Gasteiger partial charge on any atom is -0.374 e. The molecule has 0 fully saturated rings. The highest BCUT2D eigenvalue weighted by Crippen LogP contribution is 2.23. The van der Waals surface area contributed by atoms with Crippen LogP contribution in [0.3, 0.4) is 0 Å². The van der Waals surface area contributed by atoms with Gasteiger partial charge in [-0.1, -0.05) is 15.9 Å². The van der Waals surface area contributed by atoms with Crippen molar-refractivity contribution >= 4 is 21.6 Å². The van der Waals surface area contributed by atoms with Gasteiger partial charge in [-0.25, -0.2) is 0 Å². The Bertz CT molecular complexity index is 528. The Kier molecular flexibility index (Phi) is 4.93. The molecule has 19 heavy (non-hydrogen) atoms. The third-order valence-electron chi connectivity index (χ3n) is 3.16. The Morgan fingerprint density at radius 3 is 2.63 bits per heavy atom. The Morgan fingerprint density at radius 2 is 1.95 bits per heavy atom. The van der Waals surface area contributed by atoms with Crippen LogP contribution < -0.4 is 10.6 Å². The summed E-state index contributed by atoms with van der Waals surface area (Å²) < 4.78 is 1.07. The zero-order valence-electron chi connectivity index (χ0n) is 11.0. The van der Waals surface area contributed by atoms with Crippen LogP contribution in [-0.4, -0.2) is 18.6 Å². The van der Waals surface area contributed by atoms with Crippen LogP contribution in [0.25, 0.3) is 0 Å². The van der Waals surface area contributed by atoms with Crippen LogP contribution in [0.15, 0.2) is 47.2 Å². The number of hydrogen-bond acceptors (Lipinski definition) is 3. The van der Waals surface area contributed by atoms with Crippen LogP contribution in [0.4, 0.5) is 5.69 Å². The molecule has 2 aromatic rings. The SMILES string of the molecule is CN(CCc1ccncc1)c1ccc(Br)cc1CN. The van der Waals surface area contributed by atoms with Crippen LogP contribution in [0.1, 0.15) is 11.1 Å². The molecular weight excluding hydrogens is 302 g/mol. The van der Waals surface area contributed by atoms with Crippen LogP contribution in [-0.2, 0) is 13.0 Å². The van der Waals surface area contributed by atoms with E-state index in [0.29, 0.717) is 6.54 Å². The Labute approximate surface area is 122 Å². The van der Waals surface area contributed by atoms with Crippen molar-refractivity contribution in [2.45, 2.75) is 13.0 Å². The molecule has 100 valence electrons. The molecule has 0 atom stereocenters. The van der Waals surface area contributed by atoms with Gasteiger partial charge in [-0.3, -0.25) is 4.98 Å². The molecule has 0 spiro atoms. The van der Waals surface area contributed by atoms with E-state index in [0.717, 1.165) is 23.0 Å². The first kappa shape index (κ1) is 14.0. The zero-order chi connectivity index (χ0) is 13.7. The summed E-state index contributed by atoms with van der Waals surface area (Å²) in [7, 11) is 2.10. The summed E-state index contributed by atoms with van der Waals surface area (Å²) in [6.07, 6.45) is 4.67. The fourth-order valence-corrected chi connectivity index (χ4v) is 2.47. The van der Waals surface area contributed by atoms with E-state index in [2.05, 4.69) is 63.2 Å². The number of nitrogens with two attached hydrogens (primary N) is 1. The van der Waals surface area contributed by atoms with Crippen molar-refractivity contribution < 1.29 is 0 Å². The summed E-state index contributed by atoms with van der Waals surface area (Å²) in [4.78, 5) is 6.28. The van der Waals surface area contributed by atoms with E-state index in [1.54, 1.807) is 0 Å². The predicted molar refractivity (Wildman–Crippen MR) is 83.2 cm³/mol. The first-order valence-electron chi connectivity index (χ1n) is 6.29. The topological polar surface area (TPSA) is 42.2 Å². The van der Waals surface area contributed by atoms with Gasteiger partial charge in [0.05, 0.1) is 0 Å². The fourth-order valence-electron chi connectivity index (χ4n) is 2.06. The number of halogens is 1. The van der Waals surface area contributed by atoms with Gasteiger partial charge in [0.15, 0.2) is 0 Å². The summed E-state index contributed by atoms with van der Waals surface area (Å²) in [5.41, 5.74) is 9.46. The number of hydrogen-bond donors (Lipinski definition) is 1. The average Bonchev–Trinajstić information content (AvgIpc) is 2.45. The van der Waals surface area contributed by atoms with Crippen molar-refractivity contribution in [1.29, 1.82) is 0 Å². The number of rotatable bonds is 5. The molecule has 0 aliphatic rings. The Morgan fingerprint density at radius 1 is 1.21 bits per heavy atom. The average molecular weight is 320 g/mol. The third kappa shape index (κ3) is 3.78. The van der Waals surface area contributed by atoms with E-state index in [4.69, 9.17) is 5.73 Å². The molecule has 0 unspecified atom stereocenters. The summed E-state index contributed by atoms with van der Waals surface area (Å²) in [5, 5.41) is 0. The number of benzene rings is 1. The molecule has 2 N–H and O–H groups in total. The molecule has 0 aliphatic heterocycles. The van der Waals surface area contributed by atoms with Crippen molar-refractivity contribution in [3.05, 3.63) is 58.3 Å². The molecule has 1 aromatic carbocycles. The van der Waals surface area contributed by atoms with E-state index >= 15 is 0 Å². The van der Waals surface area contributed by atoms with Gasteiger partial charge in [0.2, 0.25) is 0 Å². The van der Waals surface area contributed by atoms with Crippen molar-refractivity contribution in [2.24, 2.45) is 5.73 Å². The Hall–Kier alpha value is -1.39. The molecule has 0 aliphatic carbocycles. The van der Waals surface area contributed by atoms with E-state index in [1.807, 2.05) is 12.4 Å². The van der Waals surface area contributed by atoms with E-state index in [9.17, 15) is 0 Å². The molecule has 3 nitrogen and oxygen atoms in total. The van der Waals surface area contributed by atoms with Gasteiger partial charge >= 0.3 is 0 Å². The van der Waals surface area contributed by atoms with Gasteiger partial charge in [-0.2, -0.15) is 0 Å². The van der Waals surface area contributed by atoms with Crippen molar-refractivity contribution in [3.63, 3.8) is 0 Å². The minimum atomic E-state index is 0.550. The van der Waals surface area contributed by atoms with Crippen LogP contribution in [0, 0.1) is 0 Å². The molecule has 0 saturated heterocycles. The maximum absolute atomic E-state index is 5.81. The number of anilines is 1. The molecule has 4 heteroatoms. The van der Waals surface area contributed by atoms with Gasteiger partial charge in [0, 0.05) is 42.7 Å². The van der Waals surface area contributed by atoms with Gasteiger partial charge in [-0.05, 0) is 47.9 Å². The highest BCUT2D eigenvalue weighted by Gasteiger charge is 2.07. The molecule has 0 saturated carbocycles. The maximum atomic E-state index is 5.81. The molecule has 0 radical (unpaired) electrons. The number of aromatic nitrogens is 1. The normalized spacial score (nSPS) is 10.5. The first-order valence-corrected chi connectivity index (χ1v) is 7.08. The lowest BCUT2D eigenvalue weighted by Crippen LogP contribution is -2.22. The molecule has 1 aromatic heterocycles. The van der Waals surface area contributed by atoms with Gasteiger partial charge in [0.1, 0.15) is 0 Å². The summed E-state index contributed by atoms with van der Waals surface area (Å²) >= 11 is 3.48. The number of pyridine rings is 1. The lowest BCUT2D eigenvalue weighted by molar-refractivity contribution is 0.864. The van der Waals surface area contributed by atoms with Crippen molar-refractivity contribution in [1.82, 2.24) is 4.98 Å². The molecule has 0 bridgehead atoms. The van der Waals surface area contributed by atoms with Gasteiger partial charge in [-0.15, -0.1) is 0 Å². The molecule has 0 amide bonds.